The number of rotatable bonds is 8. The number of anilines is 2. The quantitative estimate of drug-likeness (QED) is 0.284. The van der Waals surface area contributed by atoms with E-state index < -0.39 is 0 Å². The van der Waals surface area contributed by atoms with Crippen molar-refractivity contribution in [3.05, 3.63) is 83.7 Å². The number of amides is 1. The summed E-state index contributed by atoms with van der Waals surface area (Å²) in [5.41, 5.74) is 4.03. The van der Waals surface area contributed by atoms with Crippen LogP contribution in [0.3, 0.4) is 0 Å². The lowest BCUT2D eigenvalue weighted by atomic mass is 9.82. The fraction of sp³-hybridized carbons (Fsp3) is 0.267. The number of pyridine rings is 1. The number of aryl methyl sites for hydroxylation is 1. The van der Waals surface area contributed by atoms with Crippen molar-refractivity contribution < 1.29 is 14.6 Å². The van der Waals surface area contributed by atoms with E-state index in [0.29, 0.717) is 40.1 Å². The number of hydrogen-bond acceptors (Lipinski definition) is 7. The summed E-state index contributed by atoms with van der Waals surface area (Å²) in [5, 5.41) is 13.5. The Morgan fingerprint density at radius 2 is 1.87 bits per heavy atom. The van der Waals surface area contributed by atoms with Gasteiger partial charge in [-0.3, -0.25) is 4.79 Å². The maximum absolute atomic E-state index is 13.5. The highest BCUT2D eigenvalue weighted by atomic mass is 16.5. The highest BCUT2D eigenvalue weighted by Gasteiger charge is 2.23. The van der Waals surface area contributed by atoms with Crippen LogP contribution in [0, 0.1) is 6.92 Å². The van der Waals surface area contributed by atoms with Gasteiger partial charge in [0.1, 0.15) is 11.5 Å². The molecule has 0 spiro atoms. The van der Waals surface area contributed by atoms with Gasteiger partial charge in [-0.15, -0.1) is 0 Å². The number of nitrogens with one attached hydrogen (secondary N) is 1. The number of ether oxygens (including phenoxy) is 1. The van der Waals surface area contributed by atoms with Crippen LogP contribution < -0.4 is 15.0 Å². The van der Waals surface area contributed by atoms with Crippen molar-refractivity contribution in [3.8, 4) is 28.6 Å². The van der Waals surface area contributed by atoms with Crippen LogP contribution in [0.4, 0.5) is 11.6 Å². The van der Waals surface area contributed by atoms with Crippen LogP contribution in [0.2, 0.25) is 0 Å². The van der Waals surface area contributed by atoms with E-state index in [9.17, 15) is 9.90 Å². The van der Waals surface area contributed by atoms with E-state index in [2.05, 4.69) is 41.0 Å². The van der Waals surface area contributed by atoms with Crippen LogP contribution in [-0.4, -0.2) is 40.1 Å². The fourth-order valence-corrected chi connectivity index (χ4v) is 3.96. The first-order valence-corrected chi connectivity index (χ1v) is 12.5. The molecule has 0 saturated heterocycles. The lowest BCUT2D eigenvalue weighted by Gasteiger charge is -2.26. The summed E-state index contributed by atoms with van der Waals surface area (Å²) < 4.78 is 6.23. The van der Waals surface area contributed by atoms with Gasteiger partial charge in [0.15, 0.2) is 0 Å². The Bertz CT molecular complexity index is 1470. The van der Waals surface area contributed by atoms with E-state index in [-0.39, 0.29) is 17.1 Å². The molecule has 2 aromatic carbocycles. The van der Waals surface area contributed by atoms with Crippen molar-refractivity contribution in [1.82, 2.24) is 15.0 Å². The van der Waals surface area contributed by atoms with Crippen molar-refractivity contribution in [2.45, 2.75) is 39.5 Å². The van der Waals surface area contributed by atoms with Crippen molar-refractivity contribution in [2.24, 2.45) is 0 Å². The van der Waals surface area contributed by atoms with Crippen molar-refractivity contribution in [2.75, 3.05) is 24.3 Å². The fourth-order valence-electron chi connectivity index (χ4n) is 3.96. The summed E-state index contributed by atoms with van der Waals surface area (Å²) in [6.07, 6.45) is 4.23. The van der Waals surface area contributed by atoms with Gasteiger partial charge in [-0.25, -0.2) is 15.0 Å². The second kappa shape index (κ2) is 10.9. The SMILES string of the molecule is CCC(C)(C)c1ccc(O)c(N(C)C(=O)c2ccc(C)c(Oc3ncccc3-c3ccnc(NC)n3)c2)c1. The molecule has 196 valence electrons. The average molecular weight is 512 g/mol. The molecule has 0 aliphatic heterocycles. The first-order chi connectivity index (χ1) is 18.1. The van der Waals surface area contributed by atoms with Crippen molar-refractivity contribution in [1.29, 1.82) is 0 Å². The second-order valence-electron chi connectivity index (χ2n) is 9.76. The third-order valence-corrected chi connectivity index (χ3v) is 6.87. The Kier molecular flexibility index (Phi) is 7.62. The Morgan fingerprint density at radius 1 is 1.08 bits per heavy atom. The van der Waals surface area contributed by atoms with E-state index >= 15 is 0 Å². The van der Waals surface area contributed by atoms with Gasteiger partial charge in [0.25, 0.3) is 5.91 Å². The first kappa shape index (κ1) is 26.6. The van der Waals surface area contributed by atoms with Gasteiger partial charge in [-0.1, -0.05) is 32.9 Å². The Hall–Kier alpha value is -4.46. The predicted molar refractivity (Wildman–Crippen MR) is 150 cm³/mol. The van der Waals surface area contributed by atoms with Gasteiger partial charge >= 0.3 is 0 Å². The molecule has 0 atom stereocenters. The number of phenols is 1. The van der Waals surface area contributed by atoms with Crippen molar-refractivity contribution in [3.63, 3.8) is 0 Å². The summed E-state index contributed by atoms with van der Waals surface area (Å²) in [5.74, 6) is 1.12. The molecule has 2 aromatic heterocycles. The molecule has 0 unspecified atom stereocenters. The summed E-state index contributed by atoms with van der Waals surface area (Å²) >= 11 is 0. The molecule has 1 amide bonds. The molecule has 0 aliphatic rings. The maximum atomic E-state index is 13.5. The number of phenolic OH excluding ortho intramolecular Hbond substituents is 1. The number of aromatic hydroxyl groups is 1. The molecule has 2 N–H and O–H groups in total. The first-order valence-electron chi connectivity index (χ1n) is 12.5. The van der Waals surface area contributed by atoms with Crippen LogP contribution in [-0.2, 0) is 5.41 Å². The normalized spacial score (nSPS) is 11.2. The van der Waals surface area contributed by atoms with Crippen LogP contribution in [0.15, 0.2) is 67.0 Å². The van der Waals surface area contributed by atoms with Gasteiger partial charge < -0.3 is 20.1 Å². The van der Waals surface area contributed by atoms with E-state index in [1.807, 2.05) is 37.3 Å². The van der Waals surface area contributed by atoms with Crippen LogP contribution >= 0.6 is 0 Å². The summed E-state index contributed by atoms with van der Waals surface area (Å²) in [6.45, 7) is 8.30. The van der Waals surface area contributed by atoms with Gasteiger partial charge in [0, 0.05) is 32.1 Å². The lowest BCUT2D eigenvalue weighted by molar-refractivity contribution is 0.0992. The number of nitrogens with zero attached hydrogens (tertiary/aromatic N) is 4. The van der Waals surface area contributed by atoms with Gasteiger partial charge in [0.05, 0.1) is 16.9 Å². The topological polar surface area (TPSA) is 100 Å². The maximum Gasteiger partial charge on any atom is 0.258 e. The number of aromatic nitrogens is 3. The molecule has 38 heavy (non-hydrogen) atoms. The molecule has 0 bridgehead atoms. The second-order valence-corrected chi connectivity index (χ2v) is 9.76. The van der Waals surface area contributed by atoms with Crippen LogP contribution in [0.5, 0.6) is 17.4 Å². The molecular weight excluding hydrogens is 478 g/mol. The van der Waals surface area contributed by atoms with Gasteiger partial charge in [-0.05, 0) is 72.4 Å². The molecule has 0 radical (unpaired) electrons. The Labute approximate surface area is 223 Å². The molecule has 2 heterocycles. The van der Waals surface area contributed by atoms with Crippen LogP contribution in [0.25, 0.3) is 11.3 Å². The van der Waals surface area contributed by atoms with Crippen molar-refractivity contribution >= 4 is 17.5 Å². The van der Waals surface area contributed by atoms with E-state index in [4.69, 9.17) is 4.74 Å². The van der Waals surface area contributed by atoms with E-state index in [0.717, 1.165) is 17.5 Å². The highest BCUT2D eigenvalue weighted by molar-refractivity contribution is 6.06. The predicted octanol–water partition coefficient (Wildman–Crippen LogP) is 6.35. The molecule has 0 fully saturated rings. The van der Waals surface area contributed by atoms with E-state index in [1.54, 1.807) is 50.8 Å². The molecular formula is C30H33N5O3. The zero-order valence-corrected chi connectivity index (χ0v) is 22.6. The van der Waals surface area contributed by atoms with Gasteiger partial charge in [0.2, 0.25) is 11.8 Å². The molecule has 0 aliphatic carbocycles. The van der Waals surface area contributed by atoms with E-state index in [1.165, 1.54) is 4.90 Å². The standard InChI is InChI=1S/C30H33N5O3/c1-7-30(3,4)21-12-13-25(36)24(18-21)35(6)28(37)20-11-10-19(2)26(17-20)38-27-22(9-8-15-32-27)23-14-16-33-29(31-5)34-23/h8-18,36H,7H2,1-6H3,(H,31,33,34). The smallest absolute Gasteiger partial charge is 0.258 e. The number of hydrogen-bond donors (Lipinski definition) is 2. The minimum Gasteiger partial charge on any atom is -0.506 e. The number of carbonyl (C=O) groups excluding carboxylic acids is 1. The monoisotopic (exact) mass is 511 g/mol. The number of benzene rings is 2. The molecule has 8 nitrogen and oxygen atoms in total. The zero-order chi connectivity index (χ0) is 27.4. The van der Waals surface area contributed by atoms with Crippen LogP contribution in [0.1, 0.15) is 48.7 Å². The molecule has 4 aromatic rings. The Balaban J connectivity index is 1.66. The zero-order valence-electron chi connectivity index (χ0n) is 22.6. The highest BCUT2D eigenvalue weighted by Crippen LogP contribution is 2.36. The largest absolute Gasteiger partial charge is 0.506 e. The molecule has 0 saturated carbocycles. The third kappa shape index (κ3) is 5.44. The third-order valence-electron chi connectivity index (χ3n) is 6.87. The average Bonchev–Trinajstić information content (AvgIpc) is 2.94. The molecule has 8 heteroatoms. The minimum absolute atomic E-state index is 0.0454. The summed E-state index contributed by atoms with van der Waals surface area (Å²) in [7, 11) is 3.41. The van der Waals surface area contributed by atoms with Gasteiger partial charge in [-0.2, -0.15) is 0 Å². The summed E-state index contributed by atoms with van der Waals surface area (Å²) in [4.78, 5) is 28.1. The summed E-state index contributed by atoms with van der Waals surface area (Å²) in [6, 6.07) is 16.2. The minimum atomic E-state index is -0.271. The number of carbonyl (C=O) groups is 1. The lowest BCUT2D eigenvalue weighted by Crippen LogP contribution is -2.27. The molecule has 4 rings (SSSR count). The Morgan fingerprint density at radius 3 is 2.61 bits per heavy atom.